The third-order valence-electron chi connectivity index (χ3n) is 7.40. The molecule has 0 spiro atoms. The number of hydrogen-bond donors (Lipinski definition) is 3. The van der Waals surface area contributed by atoms with E-state index >= 15 is 0 Å². The predicted molar refractivity (Wildman–Crippen MR) is 155 cm³/mol. The lowest BCUT2D eigenvalue weighted by molar-refractivity contribution is -0.154. The normalized spacial score (nSPS) is 15.7. The van der Waals surface area contributed by atoms with E-state index in [0.29, 0.717) is 31.6 Å². The number of Topliss-reactive ketones (excluding diaryl/α,β-unsaturated/α-hetero) is 1. The molecule has 1 saturated heterocycles. The van der Waals surface area contributed by atoms with Crippen LogP contribution in [0.15, 0.2) is 71.3 Å². The van der Waals surface area contributed by atoms with E-state index in [2.05, 4.69) is 10.3 Å². The third-order valence-corrected chi connectivity index (χ3v) is 7.40. The van der Waals surface area contributed by atoms with Crippen molar-refractivity contribution in [3.8, 4) is 0 Å². The molecule has 4 rings (SSSR count). The van der Waals surface area contributed by atoms with E-state index in [-0.39, 0.29) is 31.8 Å². The van der Waals surface area contributed by atoms with Gasteiger partial charge in [-0.05, 0) is 24.0 Å². The second-order valence-electron chi connectivity index (χ2n) is 9.88. The number of benzene rings is 2. The monoisotopic (exact) mass is 563 g/mol. The van der Waals surface area contributed by atoms with E-state index in [9.17, 15) is 24.6 Å². The number of hydrogen-bond acceptors (Lipinski definition) is 7. The maximum atomic E-state index is 12.9. The zero-order valence-electron chi connectivity index (χ0n) is 24.1. The van der Waals surface area contributed by atoms with Gasteiger partial charge >= 0.3 is 0 Å². The Morgan fingerprint density at radius 1 is 0.976 bits per heavy atom. The summed E-state index contributed by atoms with van der Waals surface area (Å²) in [5.41, 5.74) is 2.10. The molecule has 9 nitrogen and oxygen atoms in total. The van der Waals surface area contributed by atoms with Gasteiger partial charge in [0.05, 0.1) is 11.1 Å². The number of nitrogens with one attached hydrogen (secondary N) is 1. The molecule has 1 aliphatic rings. The highest BCUT2D eigenvalue weighted by Gasteiger charge is 2.44. The van der Waals surface area contributed by atoms with Crippen molar-refractivity contribution < 1.29 is 29.0 Å². The number of ketones is 1. The molecule has 0 aliphatic carbocycles. The molecule has 41 heavy (non-hydrogen) atoms. The smallest absolute Gasteiger partial charge is 0.254 e. The first-order valence-electron chi connectivity index (χ1n) is 14.3. The maximum Gasteiger partial charge on any atom is 0.254 e. The molecule has 2 amide bonds. The molecule has 220 valence electrons. The number of aromatic nitrogens is 1. The number of carbonyl (C=O) groups is 3. The van der Waals surface area contributed by atoms with Crippen molar-refractivity contribution in [2.45, 2.75) is 70.5 Å². The van der Waals surface area contributed by atoms with Gasteiger partial charge in [-0.15, -0.1) is 0 Å². The highest BCUT2D eigenvalue weighted by Crippen LogP contribution is 2.37. The third kappa shape index (κ3) is 7.89. The fourth-order valence-corrected chi connectivity index (χ4v) is 5.15. The van der Waals surface area contributed by atoms with Crippen LogP contribution in [0.4, 0.5) is 0 Å². The van der Waals surface area contributed by atoms with Crippen LogP contribution < -0.4 is 5.32 Å². The number of piperidine rings is 1. The molecule has 1 aromatic heterocycles. The zero-order valence-corrected chi connectivity index (χ0v) is 24.1. The summed E-state index contributed by atoms with van der Waals surface area (Å²) < 4.78 is 5.46. The number of amides is 2. The summed E-state index contributed by atoms with van der Waals surface area (Å²) >= 11 is 0. The SMILES string of the molecule is CC.CCC(=O)C1(c2ccccc2)CCN(C(=O)C(O)C(O)C(=O)NCCc2nc(Cc3ccccc3)co2)CC1. The van der Waals surface area contributed by atoms with E-state index in [4.69, 9.17) is 4.42 Å². The van der Waals surface area contributed by atoms with Gasteiger partial charge in [0.15, 0.2) is 18.1 Å². The van der Waals surface area contributed by atoms with Crippen molar-refractivity contribution in [1.82, 2.24) is 15.2 Å². The molecular weight excluding hydrogens is 522 g/mol. The largest absolute Gasteiger partial charge is 0.449 e. The molecule has 0 saturated carbocycles. The molecule has 2 heterocycles. The number of aliphatic hydroxyl groups is 2. The molecule has 3 N–H and O–H groups in total. The highest BCUT2D eigenvalue weighted by molar-refractivity contribution is 5.92. The minimum atomic E-state index is -1.92. The molecule has 2 unspecified atom stereocenters. The van der Waals surface area contributed by atoms with Crippen molar-refractivity contribution in [2.75, 3.05) is 19.6 Å². The molecule has 2 aromatic carbocycles. The first kappa shape index (κ1) is 31.7. The van der Waals surface area contributed by atoms with Crippen LogP contribution in [0.5, 0.6) is 0 Å². The zero-order chi connectivity index (χ0) is 29.8. The molecule has 0 bridgehead atoms. The van der Waals surface area contributed by atoms with Gasteiger partial charge < -0.3 is 24.8 Å². The predicted octanol–water partition coefficient (Wildman–Crippen LogP) is 3.21. The Bertz CT molecular complexity index is 1250. The van der Waals surface area contributed by atoms with Crippen LogP contribution in [0.3, 0.4) is 0 Å². The van der Waals surface area contributed by atoms with Gasteiger partial charge in [0.25, 0.3) is 11.8 Å². The average molecular weight is 564 g/mol. The van der Waals surface area contributed by atoms with Gasteiger partial charge in [0.1, 0.15) is 12.0 Å². The van der Waals surface area contributed by atoms with Gasteiger partial charge in [-0.3, -0.25) is 14.4 Å². The molecule has 9 heteroatoms. The minimum absolute atomic E-state index is 0.110. The summed E-state index contributed by atoms with van der Waals surface area (Å²) in [6.07, 6.45) is -0.147. The van der Waals surface area contributed by atoms with E-state index in [1.54, 1.807) is 6.26 Å². The van der Waals surface area contributed by atoms with Crippen LogP contribution in [0.2, 0.25) is 0 Å². The topological polar surface area (TPSA) is 133 Å². The van der Waals surface area contributed by atoms with Gasteiger partial charge in [0, 0.05) is 38.9 Å². The van der Waals surface area contributed by atoms with Crippen LogP contribution in [0.1, 0.15) is 62.7 Å². The Morgan fingerprint density at radius 3 is 2.20 bits per heavy atom. The molecule has 1 aliphatic heterocycles. The number of aliphatic hydroxyl groups excluding tert-OH is 2. The Balaban J connectivity index is 0.00000226. The van der Waals surface area contributed by atoms with Crippen molar-refractivity contribution in [3.05, 3.63) is 89.6 Å². The molecule has 1 fully saturated rings. The second kappa shape index (κ2) is 15.3. The second-order valence-corrected chi connectivity index (χ2v) is 9.88. The van der Waals surface area contributed by atoms with E-state index in [1.807, 2.05) is 81.4 Å². The molecule has 3 aromatic rings. The lowest BCUT2D eigenvalue weighted by atomic mass is 9.69. The van der Waals surface area contributed by atoms with Crippen LogP contribution in [-0.2, 0) is 32.6 Å². The quantitative estimate of drug-likeness (QED) is 0.326. The number of nitrogens with zero attached hydrogens (tertiary/aromatic N) is 2. The van der Waals surface area contributed by atoms with Crippen molar-refractivity contribution in [3.63, 3.8) is 0 Å². The molecule has 0 radical (unpaired) electrons. The summed E-state index contributed by atoms with van der Waals surface area (Å²) in [7, 11) is 0. The van der Waals surface area contributed by atoms with Crippen LogP contribution in [-0.4, -0.2) is 69.5 Å². The number of likely N-dealkylation sites (tertiary alicyclic amines) is 1. The summed E-state index contributed by atoms with van der Waals surface area (Å²) in [4.78, 5) is 44.1. The first-order chi connectivity index (χ1) is 19.8. The average Bonchev–Trinajstić information content (AvgIpc) is 3.48. The van der Waals surface area contributed by atoms with Gasteiger partial charge in [0.2, 0.25) is 0 Å². The summed E-state index contributed by atoms with van der Waals surface area (Å²) in [6, 6.07) is 19.4. The van der Waals surface area contributed by atoms with Crippen molar-refractivity contribution >= 4 is 17.6 Å². The fraction of sp³-hybridized carbons (Fsp3) is 0.438. The standard InChI is InChI=1S/C30H35N3O6.C2H6/c1-2-24(34)30(22-11-7-4-8-12-22)14-17-33(18-15-30)29(38)27(36)26(35)28(37)31-16-13-25-32-23(20-39-25)19-21-9-5-3-6-10-21;1-2/h3-12,20,26-27,35-36H,2,13-19H2,1H3,(H,31,37);1-2H3. The lowest BCUT2D eigenvalue weighted by Crippen LogP contribution is -2.55. The number of carbonyl (C=O) groups excluding carboxylic acids is 3. The molecular formula is C32H41N3O6. The van der Waals surface area contributed by atoms with Gasteiger partial charge in [-0.1, -0.05) is 81.4 Å². The Labute approximate surface area is 241 Å². The van der Waals surface area contributed by atoms with Crippen LogP contribution in [0, 0.1) is 0 Å². The van der Waals surface area contributed by atoms with E-state index < -0.39 is 29.4 Å². The number of oxazole rings is 1. The summed E-state index contributed by atoms with van der Waals surface area (Å²) in [5, 5.41) is 23.3. The maximum absolute atomic E-state index is 12.9. The fourth-order valence-electron chi connectivity index (χ4n) is 5.15. The van der Waals surface area contributed by atoms with E-state index in [1.165, 1.54) is 4.90 Å². The van der Waals surface area contributed by atoms with E-state index in [0.717, 1.165) is 16.8 Å². The van der Waals surface area contributed by atoms with Gasteiger partial charge in [-0.25, -0.2) is 4.98 Å². The summed E-state index contributed by atoms with van der Waals surface area (Å²) in [5.74, 6) is -1.05. The van der Waals surface area contributed by atoms with Gasteiger partial charge in [-0.2, -0.15) is 0 Å². The Kier molecular flexibility index (Phi) is 11.8. The lowest BCUT2D eigenvalue weighted by Gasteiger charge is -2.41. The highest BCUT2D eigenvalue weighted by atomic mass is 16.3. The first-order valence-corrected chi connectivity index (χ1v) is 14.3. The Hall–Kier alpha value is -3.82. The van der Waals surface area contributed by atoms with Crippen LogP contribution in [0.25, 0.3) is 0 Å². The number of rotatable bonds is 11. The van der Waals surface area contributed by atoms with Crippen molar-refractivity contribution in [1.29, 1.82) is 0 Å². The minimum Gasteiger partial charge on any atom is -0.449 e. The summed E-state index contributed by atoms with van der Waals surface area (Å²) in [6.45, 7) is 6.42. The Morgan fingerprint density at radius 2 is 1.59 bits per heavy atom. The van der Waals surface area contributed by atoms with Crippen LogP contribution >= 0.6 is 0 Å². The molecule has 2 atom stereocenters. The van der Waals surface area contributed by atoms with Crippen molar-refractivity contribution in [2.24, 2.45) is 0 Å².